The number of hydrogen-bond acceptors (Lipinski definition) is 5. The number of hydrogen-bond donors (Lipinski definition) is 1. The minimum absolute atomic E-state index is 0.377. The fourth-order valence-corrected chi connectivity index (χ4v) is 1.87. The van der Waals surface area contributed by atoms with Gasteiger partial charge in [0.2, 0.25) is 0 Å². The molecule has 0 saturated carbocycles. The number of aromatic nitrogens is 4. The van der Waals surface area contributed by atoms with E-state index in [2.05, 4.69) is 29.4 Å². The number of ether oxygens (including phenoxy) is 1. The van der Waals surface area contributed by atoms with Crippen molar-refractivity contribution in [3.8, 4) is 0 Å². The predicted octanol–water partition coefficient (Wildman–Crippen LogP) is 0.684. The zero-order valence-electron chi connectivity index (χ0n) is 10.3. The number of aryl methyl sites for hydroxylation is 1. The molecule has 0 atom stereocenters. The van der Waals surface area contributed by atoms with Crippen LogP contribution < -0.4 is 5.73 Å². The Morgan fingerprint density at radius 1 is 1.38 bits per heavy atom. The number of nitrogens with zero attached hydrogens (tertiary/aromatic N) is 4. The molecule has 16 heavy (non-hydrogen) atoms. The summed E-state index contributed by atoms with van der Waals surface area (Å²) in [4.78, 5) is 0. The van der Waals surface area contributed by atoms with E-state index >= 15 is 0 Å². The van der Waals surface area contributed by atoms with E-state index in [0.717, 1.165) is 31.6 Å². The first-order valence-electron chi connectivity index (χ1n) is 5.76. The standard InChI is InChI=1S/C10H21N5O/c1-4-10(5-2,16-3)9-12-13-14-15(9)8-6-7-11/h4-8,11H2,1-3H3. The second kappa shape index (κ2) is 5.91. The molecule has 0 bridgehead atoms. The van der Waals surface area contributed by atoms with Crippen molar-refractivity contribution in [2.75, 3.05) is 13.7 Å². The average molecular weight is 227 g/mol. The van der Waals surface area contributed by atoms with Crippen molar-refractivity contribution < 1.29 is 4.74 Å². The van der Waals surface area contributed by atoms with Crippen LogP contribution in [0.1, 0.15) is 38.9 Å². The SMILES string of the molecule is CCC(CC)(OC)c1nnnn1CCCN. The molecule has 0 aliphatic rings. The van der Waals surface area contributed by atoms with Gasteiger partial charge in [-0.2, -0.15) is 0 Å². The minimum Gasteiger partial charge on any atom is -0.370 e. The van der Waals surface area contributed by atoms with Crippen molar-refractivity contribution in [3.63, 3.8) is 0 Å². The van der Waals surface area contributed by atoms with Gasteiger partial charge in [0, 0.05) is 13.7 Å². The van der Waals surface area contributed by atoms with Gasteiger partial charge in [-0.15, -0.1) is 5.10 Å². The Labute approximate surface area is 96.2 Å². The number of tetrazole rings is 1. The van der Waals surface area contributed by atoms with Gasteiger partial charge < -0.3 is 10.5 Å². The first-order chi connectivity index (χ1) is 7.74. The number of nitrogens with two attached hydrogens (primary N) is 1. The Balaban J connectivity index is 2.95. The van der Waals surface area contributed by atoms with Crippen LogP contribution in [0.2, 0.25) is 0 Å². The normalized spacial score (nSPS) is 12.0. The summed E-state index contributed by atoms with van der Waals surface area (Å²) in [7, 11) is 1.70. The molecule has 0 saturated heterocycles. The van der Waals surface area contributed by atoms with E-state index in [1.807, 2.05) is 0 Å². The molecule has 1 aromatic rings. The molecule has 92 valence electrons. The highest BCUT2D eigenvalue weighted by atomic mass is 16.5. The van der Waals surface area contributed by atoms with E-state index in [1.54, 1.807) is 11.8 Å². The third-order valence-electron chi connectivity index (χ3n) is 3.05. The summed E-state index contributed by atoms with van der Waals surface area (Å²) in [6.45, 7) is 5.53. The van der Waals surface area contributed by atoms with Crippen molar-refractivity contribution in [3.05, 3.63) is 5.82 Å². The molecule has 1 aromatic heterocycles. The van der Waals surface area contributed by atoms with E-state index in [-0.39, 0.29) is 5.60 Å². The van der Waals surface area contributed by atoms with Crippen molar-refractivity contribution in [2.45, 2.75) is 45.3 Å². The Kier molecular flexibility index (Phi) is 4.82. The molecule has 0 amide bonds. The molecule has 2 N–H and O–H groups in total. The lowest BCUT2D eigenvalue weighted by atomic mass is 9.96. The molecule has 0 aromatic carbocycles. The van der Waals surface area contributed by atoms with Gasteiger partial charge in [-0.25, -0.2) is 4.68 Å². The van der Waals surface area contributed by atoms with E-state index in [1.165, 1.54) is 0 Å². The zero-order valence-corrected chi connectivity index (χ0v) is 10.3. The van der Waals surface area contributed by atoms with Crippen LogP contribution in [0.15, 0.2) is 0 Å². The molecule has 0 spiro atoms. The first-order valence-corrected chi connectivity index (χ1v) is 5.76. The number of methoxy groups -OCH3 is 1. The van der Waals surface area contributed by atoms with Crippen molar-refractivity contribution >= 4 is 0 Å². The van der Waals surface area contributed by atoms with Crippen LogP contribution in [-0.4, -0.2) is 33.9 Å². The van der Waals surface area contributed by atoms with Gasteiger partial charge in [-0.1, -0.05) is 13.8 Å². The lowest BCUT2D eigenvalue weighted by molar-refractivity contribution is -0.0328. The summed E-state index contributed by atoms with van der Waals surface area (Å²) in [6, 6.07) is 0. The van der Waals surface area contributed by atoms with Crippen molar-refractivity contribution in [1.29, 1.82) is 0 Å². The summed E-state index contributed by atoms with van der Waals surface area (Å²) in [5, 5.41) is 11.8. The topological polar surface area (TPSA) is 78.9 Å². The van der Waals surface area contributed by atoms with Crippen molar-refractivity contribution in [2.24, 2.45) is 5.73 Å². The minimum atomic E-state index is -0.377. The fraction of sp³-hybridized carbons (Fsp3) is 0.900. The maximum absolute atomic E-state index is 5.61. The van der Waals surface area contributed by atoms with E-state index < -0.39 is 0 Å². The Hall–Kier alpha value is -1.01. The largest absolute Gasteiger partial charge is 0.370 e. The molecule has 0 aliphatic heterocycles. The van der Waals surface area contributed by atoms with Crippen molar-refractivity contribution in [1.82, 2.24) is 20.2 Å². The zero-order chi connectivity index (χ0) is 12.0. The monoisotopic (exact) mass is 227 g/mol. The van der Waals surface area contributed by atoms with E-state index in [0.29, 0.717) is 6.54 Å². The smallest absolute Gasteiger partial charge is 0.183 e. The van der Waals surface area contributed by atoms with Crippen LogP contribution in [-0.2, 0) is 16.9 Å². The molecule has 1 rings (SSSR count). The van der Waals surface area contributed by atoms with Crippen LogP contribution in [0.25, 0.3) is 0 Å². The summed E-state index contributed by atoms with van der Waals surface area (Å²) >= 11 is 0. The third-order valence-corrected chi connectivity index (χ3v) is 3.05. The van der Waals surface area contributed by atoms with Crippen LogP contribution in [0.4, 0.5) is 0 Å². The Morgan fingerprint density at radius 3 is 2.56 bits per heavy atom. The van der Waals surface area contributed by atoms with E-state index in [4.69, 9.17) is 10.5 Å². The molecule has 6 nitrogen and oxygen atoms in total. The van der Waals surface area contributed by atoms with Gasteiger partial charge in [-0.3, -0.25) is 0 Å². The number of rotatable bonds is 7. The lowest BCUT2D eigenvalue weighted by Crippen LogP contribution is -2.31. The van der Waals surface area contributed by atoms with Crippen LogP contribution in [0.5, 0.6) is 0 Å². The van der Waals surface area contributed by atoms with Crippen LogP contribution in [0, 0.1) is 0 Å². The molecular formula is C10H21N5O. The first kappa shape index (κ1) is 13.1. The maximum atomic E-state index is 5.61. The lowest BCUT2D eigenvalue weighted by Gasteiger charge is -2.28. The van der Waals surface area contributed by atoms with Gasteiger partial charge in [0.05, 0.1) is 0 Å². The molecule has 6 heteroatoms. The van der Waals surface area contributed by atoms with Gasteiger partial charge in [0.15, 0.2) is 5.82 Å². The van der Waals surface area contributed by atoms with Gasteiger partial charge >= 0.3 is 0 Å². The second-order valence-electron chi connectivity index (χ2n) is 3.77. The fourth-order valence-electron chi connectivity index (χ4n) is 1.87. The second-order valence-corrected chi connectivity index (χ2v) is 3.77. The molecule has 0 aliphatic carbocycles. The summed E-state index contributed by atoms with van der Waals surface area (Å²) < 4.78 is 7.40. The Bertz CT molecular complexity index is 300. The quantitative estimate of drug-likeness (QED) is 0.741. The average Bonchev–Trinajstić information content (AvgIpc) is 2.79. The summed E-state index contributed by atoms with van der Waals surface area (Å²) in [5.74, 6) is 0.799. The highest BCUT2D eigenvalue weighted by Gasteiger charge is 2.34. The van der Waals surface area contributed by atoms with Gasteiger partial charge in [-0.05, 0) is 36.2 Å². The maximum Gasteiger partial charge on any atom is 0.183 e. The van der Waals surface area contributed by atoms with Gasteiger partial charge in [0.25, 0.3) is 0 Å². The van der Waals surface area contributed by atoms with E-state index in [9.17, 15) is 0 Å². The molecular weight excluding hydrogens is 206 g/mol. The molecule has 0 unspecified atom stereocenters. The highest BCUT2D eigenvalue weighted by Crippen LogP contribution is 2.30. The van der Waals surface area contributed by atoms with Gasteiger partial charge in [0.1, 0.15) is 5.60 Å². The molecule has 1 heterocycles. The third kappa shape index (κ3) is 2.38. The van der Waals surface area contributed by atoms with Crippen LogP contribution >= 0.6 is 0 Å². The predicted molar refractivity (Wildman–Crippen MR) is 60.8 cm³/mol. The van der Waals surface area contributed by atoms with Crippen LogP contribution in [0.3, 0.4) is 0 Å². The summed E-state index contributed by atoms with van der Waals surface area (Å²) in [6.07, 6.45) is 2.57. The molecule has 0 fully saturated rings. The molecule has 0 radical (unpaired) electrons. The highest BCUT2D eigenvalue weighted by molar-refractivity contribution is 4.99. The summed E-state index contributed by atoms with van der Waals surface area (Å²) in [5.41, 5.74) is 5.11. The Morgan fingerprint density at radius 2 is 2.06 bits per heavy atom.